The summed E-state index contributed by atoms with van der Waals surface area (Å²) in [4.78, 5) is 0. The monoisotopic (exact) mass is 362 g/mol. The molecule has 0 spiro atoms. The van der Waals surface area contributed by atoms with E-state index in [1.54, 1.807) is 0 Å². The molecule has 0 amide bonds. The Morgan fingerprint density at radius 1 is 0.773 bits per heavy atom. The number of halogens is 9. The van der Waals surface area contributed by atoms with Gasteiger partial charge in [-0.05, 0) is 31.1 Å². The van der Waals surface area contributed by atoms with Crippen molar-refractivity contribution < 1.29 is 43.7 Å². The first-order valence-corrected chi connectivity index (χ1v) is 7.55. The molecule has 2 aliphatic carbocycles. The Morgan fingerprint density at radius 3 is 1.68 bits per heavy atom. The molecule has 22 heavy (non-hydrogen) atoms. The van der Waals surface area contributed by atoms with Crippen molar-refractivity contribution in [3.8, 4) is 0 Å². The summed E-state index contributed by atoms with van der Waals surface area (Å²) in [5.74, 6) is -14.5. The molecule has 0 aromatic rings. The van der Waals surface area contributed by atoms with Gasteiger partial charge in [0.1, 0.15) is 10.8 Å². The van der Waals surface area contributed by atoms with Crippen molar-refractivity contribution in [2.75, 3.05) is 0 Å². The van der Waals surface area contributed by atoms with Crippen LogP contribution in [0.1, 0.15) is 25.7 Å². The molecule has 2 rings (SSSR count). The van der Waals surface area contributed by atoms with E-state index in [1.165, 1.54) is 0 Å². The predicted molar refractivity (Wildman–Crippen MR) is 58.3 cm³/mol. The van der Waals surface area contributed by atoms with E-state index in [0.717, 1.165) is 0 Å². The molecule has 2 fully saturated rings. The van der Waals surface area contributed by atoms with E-state index in [1.807, 2.05) is 0 Å². The molecule has 0 heterocycles. The van der Waals surface area contributed by atoms with Gasteiger partial charge in [0.15, 0.2) is 0 Å². The highest BCUT2D eigenvalue weighted by molar-refractivity contribution is 7.86. The maximum atomic E-state index is 13.6. The second-order valence-corrected chi connectivity index (χ2v) is 7.39. The van der Waals surface area contributed by atoms with Gasteiger partial charge in [-0.3, -0.25) is 4.21 Å². The molecule has 0 radical (unpaired) electrons. The Labute approximate surface area is 121 Å². The minimum absolute atomic E-state index is 0.119. The van der Waals surface area contributed by atoms with E-state index in [-0.39, 0.29) is 12.3 Å². The fraction of sp³-hybridized carbons (Fsp3) is 1.00. The van der Waals surface area contributed by atoms with Gasteiger partial charge in [0.2, 0.25) is 0 Å². The first-order valence-electron chi connectivity index (χ1n) is 6.34. The minimum Gasteiger partial charge on any atom is -0.253 e. The topological polar surface area (TPSA) is 17.1 Å². The molecule has 0 N–H and O–H groups in total. The highest BCUT2D eigenvalue weighted by Gasteiger charge is 2.84. The van der Waals surface area contributed by atoms with Crippen LogP contribution in [0, 0.1) is 11.8 Å². The quantitative estimate of drug-likeness (QED) is 0.680. The summed E-state index contributed by atoms with van der Waals surface area (Å²) >= 11 is 0. The number of rotatable bonds is 4. The van der Waals surface area contributed by atoms with Crippen LogP contribution in [0.4, 0.5) is 39.5 Å². The lowest BCUT2D eigenvalue weighted by Gasteiger charge is -2.35. The average molecular weight is 362 g/mol. The van der Waals surface area contributed by atoms with Crippen molar-refractivity contribution in [1.29, 1.82) is 0 Å². The maximum Gasteiger partial charge on any atom is 0.460 e. The van der Waals surface area contributed by atoms with E-state index in [0.29, 0.717) is 19.3 Å². The molecular weight excluding hydrogens is 351 g/mol. The van der Waals surface area contributed by atoms with Crippen LogP contribution >= 0.6 is 0 Å². The standard InChI is InChI=1S/C11H11F9OS/c12-8(13,10(16,17)18)9(14,15)11(19,20)22(21)7-4-5-1-2-6(7)3-5/h5-7H,1-4H2. The highest BCUT2D eigenvalue weighted by Crippen LogP contribution is 2.57. The van der Waals surface area contributed by atoms with Crippen LogP contribution < -0.4 is 0 Å². The van der Waals surface area contributed by atoms with E-state index < -0.39 is 45.2 Å². The van der Waals surface area contributed by atoms with Gasteiger partial charge in [0, 0.05) is 5.25 Å². The fourth-order valence-corrected chi connectivity index (χ4v) is 4.93. The Morgan fingerprint density at radius 2 is 1.32 bits per heavy atom. The molecule has 0 saturated heterocycles. The summed E-state index contributed by atoms with van der Waals surface area (Å²) in [6, 6.07) is 0. The molecule has 130 valence electrons. The third-order valence-electron chi connectivity index (χ3n) is 4.32. The summed E-state index contributed by atoms with van der Waals surface area (Å²) in [6.45, 7) is 0. The largest absolute Gasteiger partial charge is 0.460 e. The zero-order valence-electron chi connectivity index (χ0n) is 10.8. The molecule has 1 nitrogen and oxygen atoms in total. The third kappa shape index (κ3) is 2.34. The van der Waals surface area contributed by atoms with Crippen LogP contribution in [0.5, 0.6) is 0 Å². The van der Waals surface area contributed by atoms with Crippen LogP contribution in [0.2, 0.25) is 0 Å². The van der Waals surface area contributed by atoms with E-state index in [4.69, 9.17) is 0 Å². The molecule has 0 aromatic heterocycles. The lowest BCUT2D eigenvalue weighted by atomic mass is 10.0. The molecule has 4 atom stereocenters. The van der Waals surface area contributed by atoms with Crippen molar-refractivity contribution >= 4 is 10.8 Å². The smallest absolute Gasteiger partial charge is 0.253 e. The average Bonchev–Trinajstić information content (AvgIpc) is 2.97. The van der Waals surface area contributed by atoms with Crippen molar-refractivity contribution in [1.82, 2.24) is 0 Å². The van der Waals surface area contributed by atoms with Crippen molar-refractivity contribution in [2.45, 2.75) is 54.2 Å². The normalized spacial score (nSPS) is 31.6. The predicted octanol–water partition coefficient (Wildman–Crippen LogP) is 4.35. The van der Waals surface area contributed by atoms with Crippen molar-refractivity contribution in [3.05, 3.63) is 0 Å². The second kappa shape index (κ2) is 5.01. The van der Waals surface area contributed by atoms with Gasteiger partial charge in [0.25, 0.3) is 0 Å². The minimum atomic E-state index is -6.98. The van der Waals surface area contributed by atoms with Gasteiger partial charge in [-0.2, -0.15) is 39.5 Å². The van der Waals surface area contributed by atoms with E-state index >= 15 is 0 Å². The second-order valence-electron chi connectivity index (χ2n) is 5.67. The first kappa shape index (κ1) is 17.9. The summed E-state index contributed by atoms with van der Waals surface area (Å²) in [6.07, 6.45) is -5.69. The third-order valence-corrected chi connectivity index (χ3v) is 6.21. The van der Waals surface area contributed by atoms with Crippen LogP contribution in [-0.2, 0) is 10.8 Å². The van der Waals surface area contributed by atoms with Crippen molar-refractivity contribution in [2.24, 2.45) is 11.8 Å². The molecular formula is C11H11F9OS. The zero-order chi connectivity index (χ0) is 17.1. The molecule has 2 aliphatic rings. The molecule has 0 aliphatic heterocycles. The summed E-state index contributed by atoms with van der Waals surface area (Å²) < 4.78 is 127. The first-order chi connectivity index (χ1) is 9.73. The lowest BCUT2D eigenvalue weighted by Crippen LogP contribution is -2.63. The molecule has 2 bridgehead atoms. The fourth-order valence-electron chi connectivity index (χ4n) is 3.13. The van der Waals surface area contributed by atoms with Gasteiger partial charge < -0.3 is 0 Å². The molecule has 11 heteroatoms. The number of fused-ring (bicyclic) bond motifs is 2. The maximum absolute atomic E-state index is 13.6. The lowest BCUT2D eigenvalue weighted by molar-refractivity contribution is -0.381. The van der Waals surface area contributed by atoms with Gasteiger partial charge in [-0.25, -0.2) is 0 Å². The molecule has 0 aromatic carbocycles. The molecule has 2 saturated carbocycles. The number of hydrogen-bond acceptors (Lipinski definition) is 1. The Hall–Kier alpha value is -0.480. The van der Waals surface area contributed by atoms with E-state index in [2.05, 4.69) is 0 Å². The van der Waals surface area contributed by atoms with E-state index in [9.17, 15) is 43.7 Å². The SMILES string of the molecule is O=S(C1CC2CCC1C2)C(F)(F)C(F)(F)C(F)(F)C(F)(F)F. The summed E-state index contributed by atoms with van der Waals surface area (Å²) in [7, 11) is -3.82. The molecule has 4 unspecified atom stereocenters. The Kier molecular flexibility index (Phi) is 4.07. The number of alkyl halides is 9. The zero-order valence-corrected chi connectivity index (χ0v) is 11.6. The highest BCUT2D eigenvalue weighted by atomic mass is 32.2. The van der Waals surface area contributed by atoms with Crippen LogP contribution in [0.25, 0.3) is 0 Å². The summed E-state index contributed by atoms with van der Waals surface area (Å²) in [5.41, 5.74) is 0. The van der Waals surface area contributed by atoms with Gasteiger partial charge >= 0.3 is 23.3 Å². The number of hydrogen-bond donors (Lipinski definition) is 0. The van der Waals surface area contributed by atoms with Crippen LogP contribution in [0.3, 0.4) is 0 Å². The Bertz CT molecular complexity index is 473. The van der Waals surface area contributed by atoms with Crippen LogP contribution in [0.15, 0.2) is 0 Å². The Balaban J connectivity index is 2.30. The van der Waals surface area contributed by atoms with Crippen LogP contribution in [-0.4, -0.2) is 32.7 Å². The van der Waals surface area contributed by atoms with Crippen molar-refractivity contribution in [3.63, 3.8) is 0 Å². The van der Waals surface area contributed by atoms with Gasteiger partial charge in [0.05, 0.1) is 0 Å². The van der Waals surface area contributed by atoms with Gasteiger partial charge in [-0.1, -0.05) is 6.42 Å². The van der Waals surface area contributed by atoms with Gasteiger partial charge in [-0.15, -0.1) is 0 Å². The summed E-state index contributed by atoms with van der Waals surface area (Å²) in [5, 5.41) is -7.45.